The zero-order chi connectivity index (χ0) is 23.1. The molecule has 0 spiro atoms. The van der Waals surface area contributed by atoms with Gasteiger partial charge in [-0.05, 0) is 44.8 Å². The summed E-state index contributed by atoms with van der Waals surface area (Å²) in [5.74, 6) is 0.554. The monoisotopic (exact) mass is 446 g/mol. The van der Waals surface area contributed by atoms with Gasteiger partial charge in [0.25, 0.3) is 0 Å². The van der Waals surface area contributed by atoms with E-state index in [2.05, 4.69) is 18.7 Å². The Labute approximate surface area is 193 Å². The van der Waals surface area contributed by atoms with Crippen molar-refractivity contribution in [3.8, 4) is 0 Å². The number of carbonyl (C=O) groups excluding carboxylic acids is 1. The highest BCUT2D eigenvalue weighted by atomic mass is 16.6. The van der Waals surface area contributed by atoms with Crippen molar-refractivity contribution < 1.29 is 19.4 Å². The molecule has 1 saturated heterocycles. The van der Waals surface area contributed by atoms with Crippen molar-refractivity contribution in [1.82, 2.24) is 9.80 Å². The first kappa shape index (κ1) is 25.0. The number of benzene rings is 1. The lowest BCUT2D eigenvalue weighted by atomic mass is 9.82. The molecule has 1 aliphatic heterocycles. The molecule has 180 valence electrons. The Bertz CT molecular complexity index is 701. The highest BCUT2D eigenvalue weighted by molar-refractivity contribution is 5.69. The number of ether oxygens (including phenoxy) is 2. The van der Waals surface area contributed by atoms with Gasteiger partial charge < -0.3 is 19.5 Å². The van der Waals surface area contributed by atoms with Gasteiger partial charge in [0.05, 0.1) is 12.1 Å². The zero-order valence-corrected chi connectivity index (χ0v) is 20.3. The number of nitrogens with zero attached hydrogens (tertiary/aromatic N) is 2. The molecule has 1 aromatic rings. The molecule has 6 heteroatoms. The number of hydrogen-bond acceptors (Lipinski definition) is 5. The lowest BCUT2D eigenvalue weighted by molar-refractivity contribution is -0.103. The molecule has 1 amide bonds. The summed E-state index contributed by atoms with van der Waals surface area (Å²) in [5, 5.41) is 11.2. The standard InChI is InChI=1S/C26H42N2O4/c1-5-27(6-2)18-23(29)24-22(17-20-13-9-7-10-14-20)28(26(3,4)32-24)25(30)31-19-21-15-11-8-12-16-21/h8,11-12,15-16,20,22-24,29H,5-7,9-10,13-14,17-19H2,1-4H3/t22-,23?,24?/m0/s1. The summed E-state index contributed by atoms with van der Waals surface area (Å²) in [6.45, 7) is 10.5. The molecule has 1 saturated carbocycles. The first-order valence-electron chi connectivity index (χ1n) is 12.4. The van der Waals surface area contributed by atoms with E-state index in [0.717, 1.165) is 25.1 Å². The fourth-order valence-corrected chi connectivity index (χ4v) is 5.35. The highest BCUT2D eigenvalue weighted by Crippen LogP contribution is 2.40. The van der Waals surface area contributed by atoms with E-state index in [1.165, 1.54) is 32.1 Å². The number of hydrogen-bond donors (Lipinski definition) is 1. The van der Waals surface area contributed by atoms with Gasteiger partial charge >= 0.3 is 6.09 Å². The van der Waals surface area contributed by atoms with Crippen LogP contribution in [0.4, 0.5) is 4.79 Å². The average molecular weight is 447 g/mol. The van der Waals surface area contributed by atoms with Gasteiger partial charge in [-0.3, -0.25) is 4.90 Å². The molecular formula is C26H42N2O4. The van der Waals surface area contributed by atoms with E-state index in [0.29, 0.717) is 12.5 Å². The van der Waals surface area contributed by atoms with Gasteiger partial charge in [-0.25, -0.2) is 4.79 Å². The Hall–Kier alpha value is -1.63. The Balaban J connectivity index is 1.78. The van der Waals surface area contributed by atoms with Gasteiger partial charge in [-0.15, -0.1) is 0 Å². The molecule has 2 fully saturated rings. The van der Waals surface area contributed by atoms with E-state index in [1.54, 1.807) is 4.90 Å². The van der Waals surface area contributed by atoms with Gasteiger partial charge in [0, 0.05) is 6.54 Å². The second kappa shape index (κ2) is 11.5. The molecule has 1 aliphatic carbocycles. The summed E-state index contributed by atoms with van der Waals surface area (Å²) in [6.07, 6.45) is 5.55. The summed E-state index contributed by atoms with van der Waals surface area (Å²) in [6, 6.07) is 9.55. The predicted octanol–water partition coefficient (Wildman–Crippen LogP) is 4.80. The summed E-state index contributed by atoms with van der Waals surface area (Å²) in [5.41, 5.74) is 0.128. The van der Waals surface area contributed by atoms with Crippen molar-refractivity contribution in [3.05, 3.63) is 35.9 Å². The SMILES string of the molecule is CCN(CC)CC(O)C1OC(C)(C)N(C(=O)OCc2ccccc2)[C@H]1CC1CCCCC1. The largest absolute Gasteiger partial charge is 0.444 e. The maximum Gasteiger partial charge on any atom is 0.412 e. The molecule has 32 heavy (non-hydrogen) atoms. The molecule has 1 N–H and O–H groups in total. The van der Waals surface area contributed by atoms with Crippen LogP contribution in [0, 0.1) is 5.92 Å². The summed E-state index contributed by atoms with van der Waals surface area (Å²) < 4.78 is 12.1. The number of likely N-dealkylation sites (N-methyl/N-ethyl adjacent to an activating group) is 1. The number of rotatable bonds is 9. The Kier molecular flexibility index (Phi) is 8.97. The third kappa shape index (κ3) is 6.24. The minimum Gasteiger partial charge on any atom is -0.444 e. The lowest BCUT2D eigenvalue weighted by Crippen LogP contribution is -2.51. The number of aliphatic hydroxyl groups is 1. The second-order valence-electron chi connectivity index (χ2n) is 9.80. The topological polar surface area (TPSA) is 62.2 Å². The van der Waals surface area contributed by atoms with Crippen LogP contribution < -0.4 is 0 Å². The summed E-state index contributed by atoms with van der Waals surface area (Å²) in [7, 11) is 0. The normalized spacial score (nSPS) is 24.6. The molecule has 6 nitrogen and oxygen atoms in total. The molecule has 0 bridgehead atoms. The summed E-state index contributed by atoms with van der Waals surface area (Å²) >= 11 is 0. The van der Waals surface area contributed by atoms with E-state index in [4.69, 9.17) is 9.47 Å². The average Bonchev–Trinajstić information content (AvgIpc) is 3.07. The summed E-state index contributed by atoms with van der Waals surface area (Å²) in [4.78, 5) is 17.3. The molecule has 0 radical (unpaired) electrons. The molecule has 2 aliphatic rings. The molecule has 2 unspecified atom stereocenters. The second-order valence-corrected chi connectivity index (χ2v) is 9.80. The smallest absolute Gasteiger partial charge is 0.412 e. The first-order chi connectivity index (χ1) is 15.4. The Morgan fingerprint density at radius 2 is 1.84 bits per heavy atom. The Morgan fingerprint density at radius 3 is 2.47 bits per heavy atom. The van der Waals surface area contributed by atoms with Gasteiger partial charge in [0.2, 0.25) is 0 Å². The van der Waals surface area contributed by atoms with E-state index < -0.39 is 17.9 Å². The van der Waals surface area contributed by atoms with Crippen LogP contribution in [0.2, 0.25) is 0 Å². The lowest BCUT2D eigenvalue weighted by Gasteiger charge is -2.35. The number of aliphatic hydroxyl groups excluding tert-OH is 1. The van der Waals surface area contributed by atoms with Gasteiger partial charge in [-0.2, -0.15) is 0 Å². The zero-order valence-electron chi connectivity index (χ0n) is 20.3. The van der Waals surface area contributed by atoms with Gasteiger partial charge in [0.1, 0.15) is 18.4 Å². The number of amides is 1. The third-order valence-electron chi connectivity index (χ3n) is 7.14. The van der Waals surface area contributed by atoms with Crippen LogP contribution in [0.25, 0.3) is 0 Å². The molecule has 0 aromatic heterocycles. The molecule has 1 aromatic carbocycles. The fraction of sp³-hybridized carbons (Fsp3) is 0.731. The maximum absolute atomic E-state index is 13.3. The molecule has 3 atom stereocenters. The van der Waals surface area contributed by atoms with Crippen molar-refractivity contribution in [3.63, 3.8) is 0 Å². The van der Waals surface area contributed by atoms with E-state index in [1.807, 2.05) is 44.2 Å². The van der Waals surface area contributed by atoms with Crippen LogP contribution in [-0.4, -0.2) is 64.6 Å². The molecular weight excluding hydrogens is 404 g/mol. The molecule has 1 heterocycles. The van der Waals surface area contributed by atoms with E-state index >= 15 is 0 Å². The van der Waals surface area contributed by atoms with Crippen LogP contribution >= 0.6 is 0 Å². The minimum atomic E-state index is -0.831. The van der Waals surface area contributed by atoms with Crippen molar-refractivity contribution in [2.45, 2.75) is 96.8 Å². The van der Waals surface area contributed by atoms with Gasteiger partial charge in [0.15, 0.2) is 0 Å². The van der Waals surface area contributed by atoms with Crippen LogP contribution in [0.1, 0.15) is 71.8 Å². The minimum absolute atomic E-state index is 0.193. The number of carbonyl (C=O) groups is 1. The van der Waals surface area contributed by atoms with Crippen molar-refractivity contribution in [2.75, 3.05) is 19.6 Å². The Morgan fingerprint density at radius 1 is 1.19 bits per heavy atom. The van der Waals surface area contributed by atoms with Crippen LogP contribution in [0.3, 0.4) is 0 Å². The maximum atomic E-state index is 13.3. The van der Waals surface area contributed by atoms with Crippen LogP contribution in [0.5, 0.6) is 0 Å². The quantitative estimate of drug-likeness (QED) is 0.590. The van der Waals surface area contributed by atoms with Crippen molar-refractivity contribution in [2.24, 2.45) is 5.92 Å². The van der Waals surface area contributed by atoms with Crippen molar-refractivity contribution >= 4 is 6.09 Å². The first-order valence-corrected chi connectivity index (χ1v) is 12.4. The fourth-order valence-electron chi connectivity index (χ4n) is 5.35. The van der Waals surface area contributed by atoms with E-state index in [9.17, 15) is 9.90 Å². The van der Waals surface area contributed by atoms with Gasteiger partial charge in [-0.1, -0.05) is 76.3 Å². The van der Waals surface area contributed by atoms with Crippen LogP contribution in [0.15, 0.2) is 30.3 Å². The third-order valence-corrected chi connectivity index (χ3v) is 7.14. The van der Waals surface area contributed by atoms with E-state index in [-0.39, 0.29) is 18.7 Å². The van der Waals surface area contributed by atoms with Crippen molar-refractivity contribution in [1.29, 1.82) is 0 Å². The molecule has 3 rings (SSSR count). The predicted molar refractivity (Wildman–Crippen MR) is 126 cm³/mol. The van der Waals surface area contributed by atoms with Crippen LogP contribution in [-0.2, 0) is 16.1 Å². The highest BCUT2D eigenvalue weighted by Gasteiger charge is 2.53.